The Morgan fingerprint density at radius 3 is 3.00 bits per heavy atom. The van der Waals surface area contributed by atoms with Gasteiger partial charge in [-0.2, -0.15) is 0 Å². The Hall–Kier alpha value is -1.85. The molecule has 2 saturated heterocycles. The van der Waals surface area contributed by atoms with Crippen molar-refractivity contribution in [2.24, 2.45) is 0 Å². The topological polar surface area (TPSA) is 54.6 Å². The second-order valence-corrected chi connectivity index (χ2v) is 6.85. The van der Waals surface area contributed by atoms with Gasteiger partial charge in [-0.1, -0.05) is 0 Å². The van der Waals surface area contributed by atoms with Crippen LogP contribution < -0.4 is 0 Å². The summed E-state index contributed by atoms with van der Waals surface area (Å²) in [5.41, 5.74) is 1.74. The molecule has 1 N–H and O–H groups in total. The lowest BCUT2D eigenvalue weighted by molar-refractivity contribution is -0.0407. The summed E-state index contributed by atoms with van der Waals surface area (Å²) >= 11 is 0. The van der Waals surface area contributed by atoms with Gasteiger partial charge in [-0.3, -0.25) is 4.79 Å². The Kier molecular flexibility index (Phi) is 4.06. The fourth-order valence-corrected chi connectivity index (χ4v) is 3.98. The van der Waals surface area contributed by atoms with E-state index in [0.29, 0.717) is 6.61 Å². The Morgan fingerprint density at radius 2 is 2.21 bits per heavy atom. The number of nitrogens with one attached hydrogen (secondary N) is 1. The minimum Gasteiger partial charge on any atom is -0.376 e. The number of aromatic nitrogens is 1. The second-order valence-electron chi connectivity index (χ2n) is 6.85. The molecule has 2 aliphatic heterocycles. The number of piperidine rings is 1. The molecule has 1 amide bonds. The van der Waals surface area contributed by atoms with E-state index in [0.717, 1.165) is 55.4 Å². The zero-order chi connectivity index (χ0) is 16.6. The number of amides is 1. The highest BCUT2D eigenvalue weighted by molar-refractivity contribution is 5.98. The molecule has 5 nitrogen and oxygen atoms in total. The summed E-state index contributed by atoms with van der Waals surface area (Å²) in [7, 11) is 0. The molecule has 1 spiro atoms. The number of hydrogen-bond acceptors (Lipinski definition) is 3. The smallest absolute Gasteiger partial charge is 0.253 e. The largest absolute Gasteiger partial charge is 0.376 e. The Bertz CT molecular complexity index is 731. The van der Waals surface area contributed by atoms with Crippen LogP contribution >= 0.6 is 0 Å². The lowest BCUT2D eigenvalue weighted by Crippen LogP contribution is -2.46. The third-order valence-corrected chi connectivity index (χ3v) is 5.34. The number of likely N-dealkylation sites (tertiary alicyclic amines) is 1. The Morgan fingerprint density at radius 1 is 1.38 bits per heavy atom. The quantitative estimate of drug-likeness (QED) is 0.942. The van der Waals surface area contributed by atoms with Crippen LogP contribution in [-0.2, 0) is 9.47 Å². The number of ether oxygens (including phenoxy) is 2. The zero-order valence-corrected chi connectivity index (χ0v) is 14.1. The normalized spacial score (nSPS) is 23.2. The van der Waals surface area contributed by atoms with Gasteiger partial charge in [0.1, 0.15) is 0 Å². The van der Waals surface area contributed by atoms with Crippen molar-refractivity contribution in [3.63, 3.8) is 0 Å². The monoisotopic (exact) mass is 328 g/mol. The van der Waals surface area contributed by atoms with E-state index in [1.165, 1.54) is 0 Å². The van der Waals surface area contributed by atoms with Gasteiger partial charge in [0.15, 0.2) is 0 Å². The first-order valence-corrected chi connectivity index (χ1v) is 8.81. The average Bonchev–Trinajstić information content (AvgIpc) is 3.22. The van der Waals surface area contributed by atoms with E-state index in [1.54, 1.807) is 0 Å². The van der Waals surface area contributed by atoms with Crippen LogP contribution in [0.1, 0.15) is 36.5 Å². The van der Waals surface area contributed by atoms with Crippen molar-refractivity contribution < 1.29 is 14.3 Å². The first-order chi connectivity index (χ1) is 11.7. The van der Waals surface area contributed by atoms with Crippen LogP contribution in [0.25, 0.3) is 10.9 Å². The number of carbonyl (C=O) groups excluding carboxylic acids is 1. The van der Waals surface area contributed by atoms with Crippen LogP contribution in [0, 0.1) is 0 Å². The summed E-state index contributed by atoms with van der Waals surface area (Å²) in [4.78, 5) is 17.9. The first-order valence-electron chi connectivity index (χ1n) is 8.81. The zero-order valence-electron chi connectivity index (χ0n) is 14.1. The molecule has 2 aromatic rings. The summed E-state index contributed by atoms with van der Waals surface area (Å²) in [6.45, 7) is 4.95. The van der Waals surface area contributed by atoms with E-state index in [1.807, 2.05) is 42.3 Å². The van der Waals surface area contributed by atoms with Crippen LogP contribution in [0.3, 0.4) is 0 Å². The predicted octanol–water partition coefficient (Wildman–Crippen LogP) is 2.97. The van der Waals surface area contributed by atoms with Crippen molar-refractivity contribution in [3.8, 4) is 0 Å². The first kappa shape index (κ1) is 15.7. The maximum absolute atomic E-state index is 12.8. The second kappa shape index (κ2) is 6.22. The number of hydrogen-bond donors (Lipinski definition) is 1. The fourth-order valence-electron chi connectivity index (χ4n) is 3.98. The minimum absolute atomic E-state index is 0.0821. The minimum atomic E-state index is -0.0821. The third-order valence-electron chi connectivity index (χ3n) is 5.34. The van der Waals surface area contributed by atoms with Crippen LogP contribution in [0.15, 0.2) is 30.5 Å². The molecule has 2 fully saturated rings. The van der Waals surface area contributed by atoms with E-state index in [2.05, 4.69) is 4.98 Å². The summed E-state index contributed by atoms with van der Waals surface area (Å²) < 4.78 is 11.8. The van der Waals surface area contributed by atoms with Gasteiger partial charge in [-0.15, -0.1) is 0 Å². The molecule has 4 rings (SSSR count). The summed E-state index contributed by atoms with van der Waals surface area (Å²) in [5.74, 6) is 0.118. The molecule has 1 unspecified atom stereocenters. The number of H-pyrrole nitrogens is 1. The van der Waals surface area contributed by atoms with Gasteiger partial charge in [0.05, 0.1) is 18.3 Å². The van der Waals surface area contributed by atoms with E-state index in [9.17, 15) is 4.79 Å². The van der Waals surface area contributed by atoms with Crippen LogP contribution in [-0.4, -0.2) is 53.8 Å². The predicted molar refractivity (Wildman–Crippen MR) is 92.2 cm³/mol. The van der Waals surface area contributed by atoms with Crippen molar-refractivity contribution in [3.05, 3.63) is 36.0 Å². The third kappa shape index (κ3) is 2.82. The standard InChI is InChI=1S/C19H24N2O3/c1-2-23-16-12-19(24-13-16)6-9-21(10-7-19)18(22)15-3-4-17-14(11-15)5-8-20-17/h3-5,8,11,16,20H,2,6-7,9-10,12-13H2,1H3. The maximum atomic E-state index is 12.8. The van der Waals surface area contributed by atoms with Crippen molar-refractivity contribution in [2.75, 3.05) is 26.3 Å². The highest BCUT2D eigenvalue weighted by atomic mass is 16.6. The fraction of sp³-hybridized carbons (Fsp3) is 0.526. The van der Waals surface area contributed by atoms with Crippen LogP contribution in [0.5, 0.6) is 0 Å². The van der Waals surface area contributed by atoms with Gasteiger partial charge in [0, 0.05) is 48.8 Å². The molecule has 0 saturated carbocycles. The molecule has 1 aromatic carbocycles. The molecule has 24 heavy (non-hydrogen) atoms. The number of carbonyl (C=O) groups is 1. The number of nitrogens with zero attached hydrogens (tertiary/aromatic N) is 1. The van der Waals surface area contributed by atoms with Crippen LogP contribution in [0.4, 0.5) is 0 Å². The maximum Gasteiger partial charge on any atom is 0.253 e. The Labute approximate surface area is 141 Å². The number of fused-ring (bicyclic) bond motifs is 1. The average molecular weight is 328 g/mol. The summed E-state index contributed by atoms with van der Waals surface area (Å²) in [6.07, 6.45) is 4.87. The van der Waals surface area contributed by atoms with Gasteiger partial charge in [-0.25, -0.2) is 0 Å². The molecule has 0 aliphatic carbocycles. The highest BCUT2D eigenvalue weighted by Gasteiger charge is 2.43. The molecular formula is C19H24N2O3. The highest BCUT2D eigenvalue weighted by Crippen LogP contribution is 2.37. The van der Waals surface area contributed by atoms with Crippen molar-refractivity contribution in [1.29, 1.82) is 0 Å². The van der Waals surface area contributed by atoms with Crippen molar-refractivity contribution >= 4 is 16.8 Å². The van der Waals surface area contributed by atoms with Gasteiger partial charge in [0.2, 0.25) is 0 Å². The lowest BCUT2D eigenvalue weighted by Gasteiger charge is -2.38. The molecule has 3 heterocycles. The molecule has 0 radical (unpaired) electrons. The van der Waals surface area contributed by atoms with Gasteiger partial charge in [0.25, 0.3) is 5.91 Å². The van der Waals surface area contributed by atoms with Gasteiger partial charge < -0.3 is 19.4 Å². The molecule has 2 aliphatic rings. The van der Waals surface area contributed by atoms with Crippen molar-refractivity contribution in [1.82, 2.24) is 9.88 Å². The molecule has 1 atom stereocenters. The summed E-state index contributed by atoms with van der Waals surface area (Å²) in [6, 6.07) is 7.84. The molecule has 0 bridgehead atoms. The van der Waals surface area contributed by atoms with Crippen LogP contribution in [0.2, 0.25) is 0 Å². The number of rotatable bonds is 3. The molecular weight excluding hydrogens is 304 g/mol. The van der Waals surface area contributed by atoms with E-state index in [4.69, 9.17) is 9.47 Å². The summed E-state index contributed by atoms with van der Waals surface area (Å²) in [5, 5.41) is 1.08. The molecule has 128 valence electrons. The number of benzene rings is 1. The van der Waals surface area contributed by atoms with Gasteiger partial charge in [-0.05, 0) is 44.0 Å². The molecule has 5 heteroatoms. The van der Waals surface area contributed by atoms with Crippen molar-refractivity contribution in [2.45, 2.75) is 37.9 Å². The Balaban J connectivity index is 1.41. The lowest BCUT2D eigenvalue weighted by atomic mass is 9.87. The SMILES string of the molecule is CCOC1COC2(CCN(C(=O)c3ccc4[nH]ccc4c3)CC2)C1. The number of aromatic amines is 1. The van der Waals surface area contributed by atoms with E-state index >= 15 is 0 Å². The van der Waals surface area contributed by atoms with E-state index < -0.39 is 0 Å². The molecule has 1 aromatic heterocycles. The van der Waals surface area contributed by atoms with Gasteiger partial charge >= 0.3 is 0 Å². The van der Waals surface area contributed by atoms with E-state index in [-0.39, 0.29) is 17.6 Å².